The minimum absolute atomic E-state index is 0.688. The zero-order valence-electron chi connectivity index (χ0n) is 15.6. The Morgan fingerprint density at radius 2 is 1.68 bits per heavy atom. The summed E-state index contributed by atoms with van der Waals surface area (Å²) in [6, 6.07) is 13.5. The van der Waals surface area contributed by atoms with Crippen molar-refractivity contribution in [3.8, 4) is 0 Å². The first-order chi connectivity index (χ1) is 12.1. The second-order valence-corrected chi connectivity index (χ2v) is 7.63. The zero-order chi connectivity index (χ0) is 17.4. The Hall–Kier alpha value is -2.06. The van der Waals surface area contributed by atoms with Crippen LogP contribution in [0.1, 0.15) is 46.6 Å². The van der Waals surface area contributed by atoms with Crippen molar-refractivity contribution in [2.24, 2.45) is 0 Å². The molecule has 4 rings (SSSR count). The SMILES string of the molecule is Cc1cc(C)c(Cn2cc(C3CCNCC3)c3ccccc32)c(C)c1. The van der Waals surface area contributed by atoms with Gasteiger partial charge in [-0.1, -0.05) is 35.9 Å². The van der Waals surface area contributed by atoms with Gasteiger partial charge in [-0.25, -0.2) is 0 Å². The van der Waals surface area contributed by atoms with E-state index in [4.69, 9.17) is 0 Å². The van der Waals surface area contributed by atoms with Crippen LogP contribution in [0.3, 0.4) is 0 Å². The van der Waals surface area contributed by atoms with Gasteiger partial charge in [-0.05, 0) is 80.9 Å². The van der Waals surface area contributed by atoms with Gasteiger partial charge in [0.05, 0.1) is 0 Å². The van der Waals surface area contributed by atoms with Gasteiger partial charge < -0.3 is 9.88 Å². The Labute approximate surface area is 150 Å². The molecule has 1 aromatic heterocycles. The molecule has 0 bridgehead atoms. The lowest BCUT2D eigenvalue weighted by Crippen LogP contribution is -2.26. The highest BCUT2D eigenvalue weighted by Crippen LogP contribution is 2.33. The number of piperidine rings is 1. The Kier molecular flexibility index (Phi) is 4.39. The van der Waals surface area contributed by atoms with Gasteiger partial charge in [0, 0.05) is 23.6 Å². The number of benzene rings is 2. The largest absolute Gasteiger partial charge is 0.343 e. The fraction of sp³-hybridized carbons (Fsp3) is 0.391. The summed E-state index contributed by atoms with van der Waals surface area (Å²) in [6.07, 6.45) is 4.92. The van der Waals surface area contributed by atoms with E-state index in [9.17, 15) is 0 Å². The van der Waals surface area contributed by atoms with E-state index < -0.39 is 0 Å². The second-order valence-electron chi connectivity index (χ2n) is 7.63. The highest BCUT2D eigenvalue weighted by Gasteiger charge is 2.20. The topological polar surface area (TPSA) is 17.0 Å². The molecule has 0 spiro atoms. The molecule has 1 N–H and O–H groups in total. The molecule has 0 atom stereocenters. The molecular weight excluding hydrogens is 304 g/mol. The van der Waals surface area contributed by atoms with Crippen LogP contribution in [0.15, 0.2) is 42.6 Å². The smallest absolute Gasteiger partial charge is 0.0486 e. The number of para-hydroxylation sites is 1. The Morgan fingerprint density at radius 1 is 1.00 bits per heavy atom. The highest BCUT2D eigenvalue weighted by molar-refractivity contribution is 5.84. The predicted molar refractivity (Wildman–Crippen MR) is 107 cm³/mol. The first-order valence-corrected chi connectivity index (χ1v) is 9.48. The molecule has 2 heterocycles. The molecular formula is C23H28N2. The fourth-order valence-corrected chi connectivity index (χ4v) is 4.49. The minimum Gasteiger partial charge on any atom is -0.343 e. The standard InChI is InChI=1S/C23H28N2/c1-16-12-17(2)21(18(3)13-16)14-25-15-22(19-8-10-24-11-9-19)20-6-4-5-7-23(20)25/h4-7,12-13,15,19,24H,8-11,14H2,1-3H3. The van der Waals surface area contributed by atoms with E-state index in [0.29, 0.717) is 5.92 Å². The molecule has 0 saturated carbocycles. The molecule has 0 radical (unpaired) electrons. The highest BCUT2D eigenvalue weighted by atomic mass is 15.0. The number of rotatable bonds is 3. The number of hydrogen-bond acceptors (Lipinski definition) is 1. The normalized spacial score (nSPS) is 15.8. The molecule has 2 aromatic carbocycles. The van der Waals surface area contributed by atoms with Crippen LogP contribution in [0.5, 0.6) is 0 Å². The lowest BCUT2D eigenvalue weighted by molar-refractivity contribution is 0.461. The summed E-state index contributed by atoms with van der Waals surface area (Å²) >= 11 is 0. The van der Waals surface area contributed by atoms with Crippen LogP contribution in [-0.2, 0) is 6.54 Å². The van der Waals surface area contributed by atoms with Crippen LogP contribution in [0, 0.1) is 20.8 Å². The van der Waals surface area contributed by atoms with E-state index >= 15 is 0 Å². The molecule has 3 aromatic rings. The predicted octanol–water partition coefficient (Wildman–Crippen LogP) is 5.08. The van der Waals surface area contributed by atoms with Gasteiger partial charge in [0.2, 0.25) is 0 Å². The lowest BCUT2D eigenvalue weighted by atomic mass is 9.90. The van der Waals surface area contributed by atoms with Gasteiger partial charge >= 0.3 is 0 Å². The van der Waals surface area contributed by atoms with Crippen LogP contribution in [0.25, 0.3) is 10.9 Å². The molecule has 1 fully saturated rings. The first kappa shape index (κ1) is 16.4. The third-order valence-electron chi connectivity index (χ3n) is 5.77. The number of nitrogens with zero attached hydrogens (tertiary/aromatic N) is 1. The summed E-state index contributed by atoms with van der Waals surface area (Å²) < 4.78 is 2.47. The average molecular weight is 332 g/mol. The molecule has 0 amide bonds. The summed E-state index contributed by atoms with van der Waals surface area (Å²) in [7, 11) is 0. The summed E-state index contributed by atoms with van der Waals surface area (Å²) in [4.78, 5) is 0. The van der Waals surface area contributed by atoms with Gasteiger partial charge in [0.1, 0.15) is 0 Å². The second kappa shape index (κ2) is 6.68. The van der Waals surface area contributed by atoms with Crippen molar-refractivity contribution >= 4 is 10.9 Å². The summed E-state index contributed by atoms with van der Waals surface area (Å²) in [5, 5.41) is 4.93. The molecule has 130 valence electrons. The summed E-state index contributed by atoms with van der Waals surface area (Å²) in [6.45, 7) is 9.91. The molecule has 1 saturated heterocycles. The number of hydrogen-bond donors (Lipinski definition) is 1. The van der Waals surface area contributed by atoms with Crippen molar-refractivity contribution in [2.75, 3.05) is 13.1 Å². The molecule has 2 heteroatoms. The number of fused-ring (bicyclic) bond motifs is 1. The third kappa shape index (κ3) is 3.11. The summed E-state index contributed by atoms with van der Waals surface area (Å²) in [5.41, 5.74) is 8.53. The van der Waals surface area contributed by atoms with Gasteiger partial charge in [-0.3, -0.25) is 0 Å². The Morgan fingerprint density at radius 3 is 2.40 bits per heavy atom. The monoisotopic (exact) mass is 332 g/mol. The third-order valence-corrected chi connectivity index (χ3v) is 5.77. The van der Waals surface area contributed by atoms with Crippen molar-refractivity contribution in [1.82, 2.24) is 9.88 Å². The van der Waals surface area contributed by atoms with E-state index in [2.05, 4.69) is 73.3 Å². The van der Waals surface area contributed by atoms with Crippen molar-refractivity contribution in [1.29, 1.82) is 0 Å². The first-order valence-electron chi connectivity index (χ1n) is 9.48. The quantitative estimate of drug-likeness (QED) is 0.707. The Bertz CT molecular complexity index is 875. The average Bonchev–Trinajstić information content (AvgIpc) is 2.98. The number of aryl methyl sites for hydroxylation is 3. The Balaban J connectivity index is 1.78. The van der Waals surface area contributed by atoms with Gasteiger partial charge in [-0.2, -0.15) is 0 Å². The maximum atomic E-state index is 3.49. The van der Waals surface area contributed by atoms with Crippen molar-refractivity contribution in [2.45, 2.75) is 46.1 Å². The molecule has 2 nitrogen and oxygen atoms in total. The minimum atomic E-state index is 0.688. The molecule has 1 aliphatic rings. The van der Waals surface area contributed by atoms with E-state index in [1.165, 1.54) is 46.0 Å². The zero-order valence-corrected chi connectivity index (χ0v) is 15.6. The maximum Gasteiger partial charge on any atom is 0.0486 e. The van der Waals surface area contributed by atoms with Gasteiger partial charge in [-0.15, -0.1) is 0 Å². The van der Waals surface area contributed by atoms with Crippen molar-refractivity contribution in [3.63, 3.8) is 0 Å². The van der Waals surface area contributed by atoms with Crippen LogP contribution < -0.4 is 5.32 Å². The molecule has 0 aliphatic carbocycles. The van der Waals surface area contributed by atoms with Crippen LogP contribution in [0.4, 0.5) is 0 Å². The number of aromatic nitrogens is 1. The van der Waals surface area contributed by atoms with Crippen LogP contribution in [0.2, 0.25) is 0 Å². The lowest BCUT2D eigenvalue weighted by Gasteiger charge is -2.22. The van der Waals surface area contributed by atoms with E-state index in [-0.39, 0.29) is 0 Å². The molecule has 0 unspecified atom stereocenters. The van der Waals surface area contributed by atoms with Crippen molar-refractivity contribution < 1.29 is 0 Å². The summed E-state index contributed by atoms with van der Waals surface area (Å²) in [5.74, 6) is 0.688. The van der Waals surface area contributed by atoms with E-state index in [1.54, 1.807) is 5.56 Å². The molecule has 25 heavy (non-hydrogen) atoms. The van der Waals surface area contributed by atoms with Crippen LogP contribution in [-0.4, -0.2) is 17.7 Å². The van der Waals surface area contributed by atoms with Crippen LogP contribution >= 0.6 is 0 Å². The van der Waals surface area contributed by atoms with Crippen molar-refractivity contribution in [3.05, 3.63) is 70.4 Å². The fourth-order valence-electron chi connectivity index (χ4n) is 4.49. The number of nitrogens with one attached hydrogen (secondary N) is 1. The molecule has 1 aliphatic heterocycles. The van der Waals surface area contributed by atoms with Gasteiger partial charge in [0.25, 0.3) is 0 Å². The van der Waals surface area contributed by atoms with E-state index in [0.717, 1.165) is 19.6 Å². The van der Waals surface area contributed by atoms with E-state index in [1.807, 2.05) is 0 Å². The maximum absolute atomic E-state index is 3.49. The van der Waals surface area contributed by atoms with Gasteiger partial charge in [0.15, 0.2) is 0 Å².